The molecule has 4 heteroatoms. The molecular weight excluding hydrogens is 254 g/mol. The van der Waals surface area contributed by atoms with Crippen molar-refractivity contribution in [3.8, 4) is 0 Å². The molecule has 4 nitrogen and oxygen atoms in total. The average Bonchev–Trinajstić information content (AvgIpc) is 2.88. The van der Waals surface area contributed by atoms with Gasteiger partial charge in [0.1, 0.15) is 0 Å². The largest absolute Gasteiger partial charge is 0.481 e. The third-order valence-electron chi connectivity index (χ3n) is 4.92. The molecule has 0 aromatic rings. The number of hydrogen-bond donors (Lipinski definition) is 2. The van der Waals surface area contributed by atoms with E-state index in [-0.39, 0.29) is 17.9 Å². The van der Waals surface area contributed by atoms with E-state index < -0.39 is 5.97 Å². The summed E-state index contributed by atoms with van der Waals surface area (Å²) in [5, 5.41) is 12.0. The van der Waals surface area contributed by atoms with Crippen LogP contribution in [0.2, 0.25) is 0 Å². The Labute approximate surface area is 121 Å². The van der Waals surface area contributed by atoms with Gasteiger partial charge >= 0.3 is 5.97 Å². The van der Waals surface area contributed by atoms with Gasteiger partial charge in [0.15, 0.2) is 0 Å². The van der Waals surface area contributed by atoms with E-state index in [0.717, 1.165) is 31.6 Å². The molecule has 0 bridgehead atoms. The first-order valence-electron chi connectivity index (χ1n) is 8.19. The van der Waals surface area contributed by atoms with Gasteiger partial charge in [-0.3, -0.25) is 9.59 Å². The standard InChI is InChI=1S/C16H27NO3/c18-15(11-4-8-12-6-2-1-3-7-12)17-14-10-5-9-13(14)16(19)20/h12-14H,1-11H2,(H,17,18)(H,19,20)/t13-,14+/m1/s1. The van der Waals surface area contributed by atoms with Crippen LogP contribution in [-0.4, -0.2) is 23.0 Å². The van der Waals surface area contributed by atoms with Gasteiger partial charge in [0.2, 0.25) is 5.91 Å². The average molecular weight is 281 g/mol. The summed E-state index contributed by atoms with van der Waals surface area (Å²) >= 11 is 0. The van der Waals surface area contributed by atoms with Crippen LogP contribution in [0.25, 0.3) is 0 Å². The fourth-order valence-electron chi connectivity index (χ4n) is 3.73. The summed E-state index contributed by atoms with van der Waals surface area (Å²) < 4.78 is 0. The fraction of sp³-hybridized carbons (Fsp3) is 0.875. The highest BCUT2D eigenvalue weighted by Gasteiger charge is 2.33. The van der Waals surface area contributed by atoms with Gasteiger partial charge in [-0.1, -0.05) is 38.5 Å². The molecule has 0 unspecified atom stereocenters. The maximum atomic E-state index is 11.9. The highest BCUT2D eigenvalue weighted by Crippen LogP contribution is 2.28. The van der Waals surface area contributed by atoms with Gasteiger partial charge in [0.25, 0.3) is 0 Å². The third kappa shape index (κ3) is 4.50. The van der Waals surface area contributed by atoms with Crippen LogP contribution in [0.15, 0.2) is 0 Å². The number of carbonyl (C=O) groups is 2. The lowest BCUT2D eigenvalue weighted by atomic mass is 9.86. The quantitative estimate of drug-likeness (QED) is 0.786. The van der Waals surface area contributed by atoms with E-state index in [9.17, 15) is 9.59 Å². The molecule has 0 saturated heterocycles. The summed E-state index contributed by atoms with van der Waals surface area (Å²) in [6, 6.07) is -0.144. The summed E-state index contributed by atoms with van der Waals surface area (Å²) in [6.45, 7) is 0. The predicted octanol–water partition coefficient (Wildman–Crippen LogP) is 3.11. The Bertz CT molecular complexity index is 337. The predicted molar refractivity (Wildman–Crippen MR) is 77.3 cm³/mol. The molecule has 0 aliphatic heterocycles. The molecule has 2 N–H and O–H groups in total. The summed E-state index contributed by atoms with van der Waals surface area (Å²) in [5.74, 6) is -0.291. The molecule has 114 valence electrons. The second kappa shape index (κ2) is 7.65. The molecular formula is C16H27NO3. The number of aliphatic carboxylic acids is 1. The molecule has 1 amide bonds. The number of rotatable bonds is 6. The first-order valence-corrected chi connectivity index (χ1v) is 8.19. The molecule has 2 aliphatic rings. The molecule has 0 aromatic heterocycles. The van der Waals surface area contributed by atoms with E-state index >= 15 is 0 Å². The van der Waals surface area contributed by atoms with Crippen molar-refractivity contribution in [2.75, 3.05) is 0 Å². The van der Waals surface area contributed by atoms with E-state index in [1.807, 2.05) is 0 Å². The topological polar surface area (TPSA) is 66.4 Å². The number of carbonyl (C=O) groups excluding carboxylic acids is 1. The SMILES string of the molecule is O=C(CCCC1CCCCC1)N[C@H]1CCC[C@H]1C(=O)O. The van der Waals surface area contributed by atoms with Crippen molar-refractivity contribution in [2.45, 2.75) is 76.7 Å². The second-order valence-electron chi connectivity index (χ2n) is 6.45. The van der Waals surface area contributed by atoms with E-state index in [4.69, 9.17) is 5.11 Å². The highest BCUT2D eigenvalue weighted by molar-refractivity contribution is 5.78. The van der Waals surface area contributed by atoms with E-state index in [2.05, 4.69) is 5.32 Å². The van der Waals surface area contributed by atoms with E-state index in [1.165, 1.54) is 32.1 Å². The zero-order valence-corrected chi connectivity index (χ0v) is 12.3. The first-order chi connectivity index (χ1) is 9.66. The van der Waals surface area contributed by atoms with Gasteiger partial charge in [-0.2, -0.15) is 0 Å². The molecule has 2 aliphatic carbocycles. The van der Waals surface area contributed by atoms with Crippen LogP contribution in [0.3, 0.4) is 0 Å². The van der Waals surface area contributed by atoms with Crippen molar-refractivity contribution >= 4 is 11.9 Å². The lowest BCUT2D eigenvalue weighted by Crippen LogP contribution is -2.40. The molecule has 2 atom stereocenters. The lowest BCUT2D eigenvalue weighted by Gasteiger charge is -2.21. The van der Waals surface area contributed by atoms with Crippen molar-refractivity contribution in [1.29, 1.82) is 0 Å². The van der Waals surface area contributed by atoms with Gasteiger partial charge in [-0.25, -0.2) is 0 Å². The second-order valence-corrected chi connectivity index (χ2v) is 6.45. The number of carboxylic acid groups (broad SMARTS) is 1. The van der Waals surface area contributed by atoms with Gasteiger partial charge in [-0.15, -0.1) is 0 Å². The lowest BCUT2D eigenvalue weighted by molar-refractivity contribution is -0.142. The van der Waals surface area contributed by atoms with Crippen molar-refractivity contribution in [3.63, 3.8) is 0 Å². The van der Waals surface area contributed by atoms with Crippen LogP contribution in [0.5, 0.6) is 0 Å². The Kier molecular flexibility index (Phi) is 5.86. The number of amides is 1. The minimum absolute atomic E-state index is 0.0407. The van der Waals surface area contributed by atoms with Crippen LogP contribution >= 0.6 is 0 Å². The monoisotopic (exact) mass is 281 g/mol. The molecule has 0 heterocycles. The molecule has 2 saturated carbocycles. The summed E-state index contributed by atoms with van der Waals surface area (Å²) in [6.07, 6.45) is 11.8. The minimum Gasteiger partial charge on any atom is -0.481 e. The Balaban J connectivity index is 1.63. The van der Waals surface area contributed by atoms with Crippen molar-refractivity contribution in [1.82, 2.24) is 5.32 Å². The Morgan fingerprint density at radius 2 is 1.75 bits per heavy atom. The van der Waals surface area contributed by atoms with Crippen LogP contribution in [0.4, 0.5) is 0 Å². The van der Waals surface area contributed by atoms with Crippen molar-refractivity contribution < 1.29 is 14.7 Å². The highest BCUT2D eigenvalue weighted by atomic mass is 16.4. The van der Waals surface area contributed by atoms with E-state index in [1.54, 1.807) is 0 Å². The summed E-state index contributed by atoms with van der Waals surface area (Å²) in [7, 11) is 0. The zero-order chi connectivity index (χ0) is 14.4. The Morgan fingerprint density at radius 1 is 1.00 bits per heavy atom. The van der Waals surface area contributed by atoms with E-state index in [0.29, 0.717) is 12.8 Å². The van der Waals surface area contributed by atoms with Gasteiger partial charge < -0.3 is 10.4 Å². The maximum Gasteiger partial charge on any atom is 0.308 e. The van der Waals surface area contributed by atoms with Crippen molar-refractivity contribution in [3.05, 3.63) is 0 Å². The smallest absolute Gasteiger partial charge is 0.308 e. The molecule has 2 rings (SSSR count). The van der Waals surface area contributed by atoms with Crippen molar-refractivity contribution in [2.24, 2.45) is 11.8 Å². The molecule has 0 spiro atoms. The number of hydrogen-bond acceptors (Lipinski definition) is 2. The molecule has 0 radical (unpaired) electrons. The first kappa shape index (κ1) is 15.3. The van der Waals surface area contributed by atoms with Crippen LogP contribution in [0.1, 0.15) is 70.6 Å². The summed E-state index contributed by atoms with van der Waals surface area (Å²) in [4.78, 5) is 23.0. The molecule has 20 heavy (non-hydrogen) atoms. The Hall–Kier alpha value is -1.06. The third-order valence-corrected chi connectivity index (χ3v) is 4.92. The maximum absolute atomic E-state index is 11.9. The van der Waals surface area contributed by atoms with Gasteiger partial charge in [-0.05, 0) is 31.6 Å². The minimum atomic E-state index is -0.769. The molecule has 2 fully saturated rings. The number of nitrogens with one attached hydrogen (secondary N) is 1. The van der Waals surface area contributed by atoms with Gasteiger partial charge in [0.05, 0.1) is 5.92 Å². The fourth-order valence-corrected chi connectivity index (χ4v) is 3.73. The van der Waals surface area contributed by atoms with Gasteiger partial charge in [0, 0.05) is 12.5 Å². The van der Waals surface area contributed by atoms with Crippen LogP contribution in [0, 0.1) is 11.8 Å². The normalized spacial score (nSPS) is 27.4. The zero-order valence-electron chi connectivity index (χ0n) is 12.3. The van der Waals surface area contributed by atoms with Crippen LogP contribution < -0.4 is 5.32 Å². The Morgan fingerprint density at radius 3 is 2.45 bits per heavy atom. The summed E-state index contributed by atoms with van der Waals surface area (Å²) in [5.41, 5.74) is 0. The molecule has 0 aromatic carbocycles. The van der Waals surface area contributed by atoms with Crippen LogP contribution in [-0.2, 0) is 9.59 Å². The number of carboxylic acids is 1.